The molecule has 0 atom stereocenters. The van der Waals surface area contributed by atoms with E-state index in [2.05, 4.69) is 22.1 Å². The van der Waals surface area contributed by atoms with Gasteiger partial charge in [-0.15, -0.1) is 0 Å². The second kappa shape index (κ2) is 11.9. The molecule has 0 fully saturated rings. The molecule has 1 N–H and O–H groups in total. The normalized spacial score (nSPS) is 10.8. The fraction of sp³-hybridized carbons (Fsp3) is 0.400. The Morgan fingerprint density at radius 3 is 2.68 bits per heavy atom. The number of hydrogen-bond donors (Lipinski definition) is 1. The number of H-pyrrole nitrogens is 1. The number of rotatable bonds is 12. The molecule has 0 unspecified atom stereocenters. The molecule has 0 amide bonds. The minimum absolute atomic E-state index is 0.155. The zero-order chi connectivity index (χ0) is 21.9. The summed E-state index contributed by atoms with van der Waals surface area (Å²) >= 11 is 0. The average molecular weight is 422 g/mol. The van der Waals surface area contributed by atoms with Crippen molar-refractivity contribution >= 4 is 5.97 Å². The molecule has 0 saturated carbocycles. The highest BCUT2D eigenvalue weighted by Gasteiger charge is 2.13. The molecule has 0 spiro atoms. The maximum atomic E-state index is 12.1. The lowest BCUT2D eigenvalue weighted by molar-refractivity contribution is -0.145. The van der Waals surface area contributed by atoms with Gasteiger partial charge in [-0.25, -0.2) is 4.98 Å². The first-order chi connectivity index (χ1) is 15.2. The monoisotopic (exact) mass is 421 g/mol. The third kappa shape index (κ3) is 6.67. The predicted octanol–water partition coefficient (Wildman–Crippen LogP) is 5.94. The fourth-order valence-electron chi connectivity index (χ4n) is 3.38. The van der Waals surface area contributed by atoms with Crippen molar-refractivity contribution < 1.29 is 14.3 Å². The standard InChI is InChI=1S/C25H31N3O3/c1-3-5-6-7-8-16-23(29)31-18-20-12-9-10-15-22(20)25-26-24(27-28-25)19-13-11-14-21(17-19)30-4-2/h9-15,17H,3-8,16,18H2,1-2H3,(H,26,27,28). The van der Waals surface area contributed by atoms with E-state index in [-0.39, 0.29) is 12.6 Å². The Bertz CT molecular complexity index is 968. The summed E-state index contributed by atoms with van der Waals surface area (Å²) in [4.78, 5) is 16.8. The van der Waals surface area contributed by atoms with Crippen molar-refractivity contribution in [3.63, 3.8) is 0 Å². The molecule has 0 aliphatic carbocycles. The summed E-state index contributed by atoms with van der Waals surface area (Å²) in [6.07, 6.45) is 6.01. The van der Waals surface area contributed by atoms with Crippen molar-refractivity contribution in [1.29, 1.82) is 0 Å². The Morgan fingerprint density at radius 1 is 1.00 bits per heavy atom. The summed E-state index contributed by atoms with van der Waals surface area (Å²) in [6.45, 7) is 4.96. The Kier molecular flexibility index (Phi) is 8.64. The minimum Gasteiger partial charge on any atom is -0.494 e. The van der Waals surface area contributed by atoms with Gasteiger partial charge in [-0.05, 0) is 25.5 Å². The lowest BCUT2D eigenvalue weighted by Crippen LogP contribution is -2.05. The van der Waals surface area contributed by atoms with Crippen LogP contribution in [0.1, 0.15) is 57.9 Å². The molecule has 0 aliphatic rings. The Balaban J connectivity index is 1.64. The number of ether oxygens (including phenoxy) is 2. The third-order valence-corrected chi connectivity index (χ3v) is 5.03. The maximum absolute atomic E-state index is 12.1. The Labute approximate surface area is 184 Å². The van der Waals surface area contributed by atoms with E-state index in [0.29, 0.717) is 24.7 Å². The number of unbranched alkanes of at least 4 members (excludes halogenated alkanes) is 4. The summed E-state index contributed by atoms with van der Waals surface area (Å²) < 4.78 is 11.1. The van der Waals surface area contributed by atoms with Crippen molar-refractivity contribution in [2.75, 3.05) is 6.61 Å². The summed E-state index contributed by atoms with van der Waals surface area (Å²) in [5, 5.41) is 7.38. The lowest BCUT2D eigenvalue weighted by atomic mass is 10.1. The number of aromatic amines is 1. The third-order valence-electron chi connectivity index (χ3n) is 5.03. The van der Waals surface area contributed by atoms with Gasteiger partial charge in [-0.1, -0.05) is 69.0 Å². The van der Waals surface area contributed by atoms with Crippen molar-refractivity contribution in [2.24, 2.45) is 0 Å². The van der Waals surface area contributed by atoms with Gasteiger partial charge in [0.25, 0.3) is 0 Å². The van der Waals surface area contributed by atoms with Crippen LogP contribution in [0.4, 0.5) is 0 Å². The average Bonchev–Trinajstić information content (AvgIpc) is 3.28. The molecule has 0 saturated heterocycles. The second-order valence-electron chi connectivity index (χ2n) is 7.45. The second-order valence-corrected chi connectivity index (χ2v) is 7.45. The van der Waals surface area contributed by atoms with Gasteiger partial charge in [0, 0.05) is 23.1 Å². The van der Waals surface area contributed by atoms with Gasteiger partial charge >= 0.3 is 5.97 Å². The van der Waals surface area contributed by atoms with Crippen LogP contribution in [0.25, 0.3) is 22.8 Å². The van der Waals surface area contributed by atoms with E-state index in [0.717, 1.165) is 35.3 Å². The van der Waals surface area contributed by atoms with E-state index in [1.165, 1.54) is 19.3 Å². The molecule has 1 aromatic heterocycles. The van der Waals surface area contributed by atoms with Gasteiger partial charge < -0.3 is 9.47 Å². The van der Waals surface area contributed by atoms with Crippen molar-refractivity contribution in [3.05, 3.63) is 54.1 Å². The van der Waals surface area contributed by atoms with Crippen molar-refractivity contribution in [2.45, 2.75) is 59.0 Å². The molecule has 0 bridgehead atoms. The van der Waals surface area contributed by atoms with Gasteiger partial charge in [0.1, 0.15) is 12.4 Å². The van der Waals surface area contributed by atoms with Gasteiger partial charge in [-0.3, -0.25) is 9.89 Å². The molecule has 1 heterocycles. The zero-order valence-corrected chi connectivity index (χ0v) is 18.4. The molecule has 3 aromatic rings. The van der Waals surface area contributed by atoms with E-state index in [4.69, 9.17) is 9.47 Å². The largest absolute Gasteiger partial charge is 0.494 e. The van der Waals surface area contributed by atoms with Crippen LogP contribution in [0.5, 0.6) is 5.75 Å². The topological polar surface area (TPSA) is 77.1 Å². The molecular weight excluding hydrogens is 390 g/mol. The van der Waals surface area contributed by atoms with Crippen LogP contribution in [0.15, 0.2) is 48.5 Å². The molecule has 6 nitrogen and oxygen atoms in total. The number of hydrogen-bond acceptors (Lipinski definition) is 5. The summed E-state index contributed by atoms with van der Waals surface area (Å²) in [5.74, 6) is 1.86. The number of benzene rings is 2. The molecule has 164 valence electrons. The lowest BCUT2D eigenvalue weighted by Gasteiger charge is -2.08. The molecule has 6 heteroatoms. The van der Waals surface area contributed by atoms with Gasteiger partial charge in [-0.2, -0.15) is 5.10 Å². The first-order valence-corrected chi connectivity index (χ1v) is 11.1. The maximum Gasteiger partial charge on any atom is 0.306 e. The molecule has 2 aromatic carbocycles. The SMILES string of the molecule is CCCCCCCC(=O)OCc1ccccc1-c1nc(-c2cccc(OCC)c2)n[nH]1. The highest BCUT2D eigenvalue weighted by Crippen LogP contribution is 2.26. The van der Waals surface area contributed by atoms with E-state index in [1.54, 1.807) is 0 Å². The van der Waals surface area contributed by atoms with Gasteiger partial charge in [0.2, 0.25) is 0 Å². The molecule has 0 radical (unpaired) electrons. The van der Waals surface area contributed by atoms with Crippen molar-refractivity contribution in [1.82, 2.24) is 15.2 Å². The number of nitrogens with one attached hydrogen (secondary N) is 1. The van der Waals surface area contributed by atoms with Gasteiger partial charge in [0.05, 0.1) is 6.61 Å². The van der Waals surface area contributed by atoms with Gasteiger partial charge in [0.15, 0.2) is 11.6 Å². The number of aromatic nitrogens is 3. The van der Waals surface area contributed by atoms with Crippen LogP contribution >= 0.6 is 0 Å². The highest BCUT2D eigenvalue weighted by molar-refractivity contribution is 5.70. The number of carbonyl (C=O) groups excluding carboxylic acids is 1. The van der Waals surface area contributed by atoms with Crippen LogP contribution in [0.3, 0.4) is 0 Å². The quantitative estimate of drug-likeness (QED) is 0.289. The van der Waals surface area contributed by atoms with Crippen molar-refractivity contribution in [3.8, 4) is 28.5 Å². The van der Waals surface area contributed by atoms with Crippen LogP contribution < -0.4 is 4.74 Å². The molecular formula is C25H31N3O3. The van der Waals surface area contributed by atoms with Crippen LogP contribution in [0.2, 0.25) is 0 Å². The smallest absolute Gasteiger partial charge is 0.306 e. The number of carbonyl (C=O) groups is 1. The Hall–Kier alpha value is -3.15. The van der Waals surface area contributed by atoms with E-state index < -0.39 is 0 Å². The number of esters is 1. The van der Waals surface area contributed by atoms with E-state index >= 15 is 0 Å². The van der Waals surface area contributed by atoms with Crippen LogP contribution in [-0.2, 0) is 16.1 Å². The first kappa shape index (κ1) is 22.5. The zero-order valence-electron chi connectivity index (χ0n) is 18.4. The Morgan fingerprint density at radius 2 is 1.84 bits per heavy atom. The van der Waals surface area contributed by atoms with E-state index in [1.807, 2.05) is 55.5 Å². The summed E-state index contributed by atoms with van der Waals surface area (Å²) in [5.41, 5.74) is 2.64. The minimum atomic E-state index is -0.155. The molecule has 3 rings (SSSR count). The van der Waals surface area contributed by atoms with E-state index in [9.17, 15) is 4.79 Å². The molecule has 31 heavy (non-hydrogen) atoms. The fourth-order valence-corrected chi connectivity index (χ4v) is 3.38. The summed E-state index contributed by atoms with van der Waals surface area (Å²) in [7, 11) is 0. The van der Waals surface area contributed by atoms with Crippen LogP contribution in [0, 0.1) is 0 Å². The summed E-state index contributed by atoms with van der Waals surface area (Å²) in [6, 6.07) is 15.5. The first-order valence-electron chi connectivity index (χ1n) is 11.1. The van der Waals surface area contributed by atoms with Crippen LogP contribution in [-0.4, -0.2) is 27.8 Å². The predicted molar refractivity (Wildman–Crippen MR) is 122 cm³/mol. The number of nitrogens with zero attached hydrogens (tertiary/aromatic N) is 2. The molecule has 0 aliphatic heterocycles. The highest BCUT2D eigenvalue weighted by atomic mass is 16.5.